The van der Waals surface area contributed by atoms with E-state index in [-0.39, 0.29) is 11.2 Å². The van der Waals surface area contributed by atoms with Crippen molar-refractivity contribution in [3.05, 3.63) is 24.3 Å². The molecule has 0 atom stereocenters. The summed E-state index contributed by atoms with van der Waals surface area (Å²) in [6.45, 7) is 7.99. The maximum absolute atomic E-state index is 10.9. The molecular weight excluding hydrogens is 243 g/mol. The van der Waals surface area contributed by atoms with Crippen LogP contribution in [0.4, 0.5) is 10.5 Å². The van der Waals surface area contributed by atoms with E-state index in [2.05, 4.69) is 5.32 Å². The van der Waals surface area contributed by atoms with Gasteiger partial charge in [0.25, 0.3) is 0 Å². The van der Waals surface area contributed by atoms with E-state index in [4.69, 9.17) is 15.0 Å². The normalized spacial score (nSPS) is 20.3. The summed E-state index contributed by atoms with van der Waals surface area (Å²) in [5.41, 5.74) is 5.81. The summed E-state index contributed by atoms with van der Waals surface area (Å²) in [7, 11) is -0.445. The first kappa shape index (κ1) is 13.9. The van der Waals surface area contributed by atoms with Crippen LogP contribution in [-0.4, -0.2) is 24.4 Å². The third-order valence-electron chi connectivity index (χ3n) is 3.68. The van der Waals surface area contributed by atoms with Crippen molar-refractivity contribution in [3.8, 4) is 0 Å². The van der Waals surface area contributed by atoms with Crippen LogP contribution >= 0.6 is 0 Å². The molecule has 0 spiro atoms. The highest BCUT2D eigenvalue weighted by Crippen LogP contribution is 2.36. The van der Waals surface area contributed by atoms with Gasteiger partial charge >= 0.3 is 13.1 Å². The minimum atomic E-state index is -0.592. The van der Waals surface area contributed by atoms with Crippen molar-refractivity contribution in [1.29, 1.82) is 0 Å². The summed E-state index contributed by atoms with van der Waals surface area (Å²) in [4.78, 5) is 10.9. The van der Waals surface area contributed by atoms with Crippen LogP contribution in [0, 0.1) is 0 Å². The molecule has 1 aromatic rings. The van der Waals surface area contributed by atoms with Gasteiger partial charge in [-0.05, 0) is 45.3 Å². The summed E-state index contributed by atoms with van der Waals surface area (Å²) >= 11 is 0. The van der Waals surface area contributed by atoms with E-state index in [0.29, 0.717) is 5.69 Å². The summed E-state index contributed by atoms with van der Waals surface area (Å²) in [6, 6.07) is 6.69. The second-order valence-corrected chi connectivity index (χ2v) is 5.70. The maximum atomic E-state index is 10.9. The number of hydrogen-bond donors (Lipinski definition) is 2. The molecule has 0 saturated carbocycles. The fourth-order valence-corrected chi connectivity index (χ4v) is 1.88. The van der Waals surface area contributed by atoms with Gasteiger partial charge < -0.3 is 20.4 Å². The fourth-order valence-electron chi connectivity index (χ4n) is 1.88. The molecule has 0 unspecified atom stereocenters. The lowest BCUT2D eigenvalue weighted by Crippen LogP contribution is -2.41. The van der Waals surface area contributed by atoms with Crippen molar-refractivity contribution in [2.75, 3.05) is 5.32 Å². The predicted octanol–water partition coefficient (Wildman–Crippen LogP) is 1.48. The van der Waals surface area contributed by atoms with Gasteiger partial charge in [0, 0.05) is 5.69 Å². The Hall–Kier alpha value is -1.53. The van der Waals surface area contributed by atoms with Gasteiger partial charge in [0.05, 0.1) is 11.2 Å². The van der Waals surface area contributed by atoms with Gasteiger partial charge in [-0.2, -0.15) is 0 Å². The van der Waals surface area contributed by atoms with Crippen molar-refractivity contribution in [1.82, 2.24) is 0 Å². The number of urea groups is 1. The predicted molar refractivity (Wildman–Crippen MR) is 75.4 cm³/mol. The lowest BCUT2D eigenvalue weighted by Gasteiger charge is -2.32. The van der Waals surface area contributed by atoms with E-state index < -0.39 is 13.1 Å². The Morgan fingerprint density at radius 2 is 1.79 bits per heavy atom. The fraction of sp³-hybridized carbons (Fsp3) is 0.462. The van der Waals surface area contributed by atoms with Crippen molar-refractivity contribution in [2.24, 2.45) is 5.73 Å². The Balaban J connectivity index is 2.22. The molecule has 1 saturated heterocycles. The molecule has 6 heteroatoms. The quantitative estimate of drug-likeness (QED) is 0.793. The molecule has 0 aliphatic carbocycles. The van der Waals surface area contributed by atoms with Crippen molar-refractivity contribution >= 4 is 24.3 Å². The zero-order valence-electron chi connectivity index (χ0n) is 11.7. The van der Waals surface area contributed by atoms with Crippen LogP contribution < -0.4 is 16.5 Å². The van der Waals surface area contributed by atoms with E-state index in [1.165, 1.54) is 0 Å². The van der Waals surface area contributed by atoms with Crippen LogP contribution in [-0.2, 0) is 9.31 Å². The Morgan fingerprint density at radius 3 is 2.32 bits per heavy atom. The second kappa shape index (κ2) is 4.54. The highest BCUT2D eigenvalue weighted by atomic mass is 16.7. The van der Waals surface area contributed by atoms with Gasteiger partial charge in [-0.3, -0.25) is 0 Å². The number of amides is 2. The van der Waals surface area contributed by atoms with E-state index >= 15 is 0 Å². The van der Waals surface area contributed by atoms with Crippen LogP contribution in [0.15, 0.2) is 24.3 Å². The number of primary amides is 1. The zero-order chi connectivity index (χ0) is 14.3. The third-order valence-corrected chi connectivity index (χ3v) is 3.68. The Morgan fingerprint density at radius 1 is 1.21 bits per heavy atom. The number of carbonyl (C=O) groups is 1. The zero-order valence-corrected chi connectivity index (χ0v) is 11.7. The molecule has 1 fully saturated rings. The van der Waals surface area contributed by atoms with Gasteiger partial charge in [-0.15, -0.1) is 0 Å². The largest absolute Gasteiger partial charge is 0.494 e. The molecule has 1 aromatic carbocycles. The summed E-state index contributed by atoms with van der Waals surface area (Å²) < 4.78 is 11.9. The van der Waals surface area contributed by atoms with Crippen LogP contribution in [0.25, 0.3) is 0 Å². The average molecular weight is 262 g/mol. The standard InChI is InChI=1S/C13H19BN2O3/c1-12(2)13(3,4)19-14(18-12)9-6-5-7-10(8-9)16-11(15)17/h5-8H,1-4H3,(H3,15,16,17). The number of nitrogens with two attached hydrogens (primary N) is 1. The first-order valence-corrected chi connectivity index (χ1v) is 6.23. The summed E-state index contributed by atoms with van der Waals surface area (Å²) in [5, 5.41) is 2.54. The highest BCUT2D eigenvalue weighted by molar-refractivity contribution is 6.62. The van der Waals surface area contributed by atoms with Gasteiger partial charge in [-0.25, -0.2) is 4.79 Å². The second-order valence-electron chi connectivity index (χ2n) is 5.70. The highest BCUT2D eigenvalue weighted by Gasteiger charge is 2.51. The van der Waals surface area contributed by atoms with Crippen LogP contribution in [0.1, 0.15) is 27.7 Å². The molecule has 2 rings (SSSR count). The molecule has 3 N–H and O–H groups in total. The van der Waals surface area contributed by atoms with E-state index in [1.54, 1.807) is 12.1 Å². The van der Waals surface area contributed by atoms with Crippen LogP contribution in [0.2, 0.25) is 0 Å². The average Bonchev–Trinajstić information content (AvgIpc) is 2.47. The summed E-state index contributed by atoms with van der Waals surface area (Å²) in [5.74, 6) is 0. The molecule has 1 heterocycles. The molecule has 102 valence electrons. The van der Waals surface area contributed by atoms with Gasteiger partial charge in [-0.1, -0.05) is 12.1 Å². The van der Waals surface area contributed by atoms with Crippen LogP contribution in [0.3, 0.4) is 0 Å². The number of nitrogens with one attached hydrogen (secondary N) is 1. The SMILES string of the molecule is CC1(C)OB(c2cccc(NC(N)=O)c2)OC1(C)C. The lowest BCUT2D eigenvalue weighted by molar-refractivity contribution is 0.00578. The number of rotatable bonds is 2. The van der Waals surface area contributed by atoms with E-state index in [1.807, 2.05) is 39.8 Å². The van der Waals surface area contributed by atoms with Crippen molar-refractivity contribution in [2.45, 2.75) is 38.9 Å². The smallest absolute Gasteiger partial charge is 0.399 e. The molecule has 0 radical (unpaired) electrons. The molecule has 2 amide bonds. The number of carbonyl (C=O) groups excluding carboxylic acids is 1. The van der Waals surface area contributed by atoms with Crippen molar-refractivity contribution < 1.29 is 14.1 Å². The molecule has 1 aliphatic heterocycles. The Bertz CT molecular complexity index is 486. The molecule has 0 bridgehead atoms. The van der Waals surface area contributed by atoms with Crippen LogP contribution in [0.5, 0.6) is 0 Å². The van der Waals surface area contributed by atoms with Gasteiger partial charge in [0.1, 0.15) is 0 Å². The topological polar surface area (TPSA) is 73.6 Å². The Kier molecular flexibility index (Phi) is 3.32. The molecular formula is C13H19BN2O3. The first-order chi connectivity index (χ1) is 8.71. The van der Waals surface area contributed by atoms with E-state index in [0.717, 1.165) is 5.46 Å². The minimum Gasteiger partial charge on any atom is -0.399 e. The molecule has 1 aliphatic rings. The number of anilines is 1. The third kappa shape index (κ3) is 2.74. The molecule has 0 aromatic heterocycles. The lowest BCUT2D eigenvalue weighted by atomic mass is 9.79. The molecule has 19 heavy (non-hydrogen) atoms. The maximum Gasteiger partial charge on any atom is 0.494 e. The van der Waals surface area contributed by atoms with Crippen molar-refractivity contribution in [3.63, 3.8) is 0 Å². The van der Waals surface area contributed by atoms with Gasteiger partial charge in [0.15, 0.2) is 0 Å². The summed E-state index contributed by atoms with van der Waals surface area (Å²) in [6.07, 6.45) is 0. The Labute approximate surface area is 113 Å². The monoisotopic (exact) mass is 262 g/mol. The number of benzene rings is 1. The minimum absolute atomic E-state index is 0.384. The first-order valence-electron chi connectivity index (χ1n) is 6.23. The van der Waals surface area contributed by atoms with E-state index in [9.17, 15) is 4.79 Å². The number of hydrogen-bond acceptors (Lipinski definition) is 3. The van der Waals surface area contributed by atoms with Gasteiger partial charge in [0.2, 0.25) is 0 Å². The molecule has 5 nitrogen and oxygen atoms in total.